The lowest BCUT2D eigenvalue weighted by atomic mass is 9.89. The highest BCUT2D eigenvalue weighted by molar-refractivity contribution is 5.85. The number of hydrogen-bond donors (Lipinski definition) is 2. The Morgan fingerprint density at radius 2 is 1.73 bits per heavy atom. The quantitative estimate of drug-likeness (QED) is 0.463. The van der Waals surface area contributed by atoms with Crippen molar-refractivity contribution >= 4 is 22.6 Å². The van der Waals surface area contributed by atoms with Crippen LogP contribution in [0.15, 0.2) is 66.7 Å². The molecular formula is C30H37FN4O2. The fraction of sp³-hybridized carbons (Fsp3) is 0.400. The molecule has 0 aromatic heterocycles. The number of carbonyl (C=O) groups is 2. The first-order chi connectivity index (χ1) is 17.8. The molecule has 3 aromatic rings. The molecule has 4 N–H and O–H groups in total. The minimum absolute atomic E-state index is 0.0591. The fourth-order valence-electron chi connectivity index (χ4n) is 5.59. The lowest BCUT2D eigenvalue weighted by molar-refractivity contribution is -0.139. The first kappa shape index (κ1) is 26.8. The van der Waals surface area contributed by atoms with Crippen LogP contribution in [0.3, 0.4) is 0 Å². The predicted octanol–water partition coefficient (Wildman–Crippen LogP) is 3.82. The Kier molecular flexibility index (Phi) is 8.56. The van der Waals surface area contributed by atoms with E-state index in [9.17, 15) is 14.0 Å². The van der Waals surface area contributed by atoms with E-state index in [1.54, 1.807) is 12.1 Å². The summed E-state index contributed by atoms with van der Waals surface area (Å²) in [5, 5.41) is 2.28. The van der Waals surface area contributed by atoms with Gasteiger partial charge in [0, 0.05) is 31.6 Å². The molecule has 1 fully saturated rings. The van der Waals surface area contributed by atoms with Gasteiger partial charge < -0.3 is 16.4 Å². The molecule has 0 radical (unpaired) electrons. The maximum Gasteiger partial charge on any atom is 0.240 e. The third kappa shape index (κ3) is 6.17. The van der Waals surface area contributed by atoms with Crippen LogP contribution in [0.25, 0.3) is 10.8 Å². The van der Waals surface area contributed by atoms with Crippen LogP contribution in [0.1, 0.15) is 43.7 Å². The molecule has 2 amide bonds. The number of nitrogens with zero attached hydrogens (tertiary/aromatic N) is 2. The van der Waals surface area contributed by atoms with Gasteiger partial charge in [0.15, 0.2) is 0 Å². The van der Waals surface area contributed by atoms with Crippen LogP contribution in [-0.4, -0.2) is 59.4 Å². The van der Waals surface area contributed by atoms with Crippen LogP contribution in [0.4, 0.5) is 4.39 Å². The number of carbonyl (C=O) groups excluding carboxylic acids is 2. The summed E-state index contributed by atoms with van der Waals surface area (Å²) >= 11 is 0. The van der Waals surface area contributed by atoms with Crippen molar-refractivity contribution in [3.05, 3.63) is 83.7 Å². The molecule has 0 spiro atoms. The molecule has 3 aromatic carbocycles. The van der Waals surface area contributed by atoms with E-state index in [0.29, 0.717) is 26.1 Å². The number of halogens is 1. The molecule has 1 saturated heterocycles. The van der Waals surface area contributed by atoms with Gasteiger partial charge in [-0.05, 0) is 46.9 Å². The normalized spacial score (nSPS) is 18.9. The van der Waals surface area contributed by atoms with Gasteiger partial charge in [0.2, 0.25) is 11.8 Å². The number of hydrogen-bond acceptors (Lipinski definition) is 4. The lowest BCUT2D eigenvalue weighted by Gasteiger charge is -2.45. The number of nitrogens with two attached hydrogens (primary N) is 2. The summed E-state index contributed by atoms with van der Waals surface area (Å²) < 4.78 is 13.3. The van der Waals surface area contributed by atoms with E-state index < -0.39 is 12.1 Å². The van der Waals surface area contributed by atoms with Crippen LogP contribution in [-0.2, 0) is 16.0 Å². The number of rotatable bonds is 9. The van der Waals surface area contributed by atoms with Crippen LogP contribution in [0.2, 0.25) is 0 Å². The van der Waals surface area contributed by atoms with Crippen molar-refractivity contribution in [3.8, 4) is 0 Å². The highest BCUT2D eigenvalue weighted by Crippen LogP contribution is 2.29. The van der Waals surface area contributed by atoms with E-state index >= 15 is 0 Å². The monoisotopic (exact) mass is 504 g/mol. The van der Waals surface area contributed by atoms with Crippen LogP contribution in [0.5, 0.6) is 0 Å². The van der Waals surface area contributed by atoms with Gasteiger partial charge in [-0.3, -0.25) is 14.5 Å². The molecule has 6 nitrogen and oxygen atoms in total. The number of benzene rings is 3. The number of fused-ring (bicyclic) bond motifs is 1. The molecule has 196 valence electrons. The summed E-state index contributed by atoms with van der Waals surface area (Å²) in [5.41, 5.74) is 14.2. The van der Waals surface area contributed by atoms with E-state index in [1.165, 1.54) is 12.1 Å². The number of amides is 2. The second-order valence-electron chi connectivity index (χ2n) is 10.1. The zero-order valence-electron chi connectivity index (χ0n) is 21.6. The van der Waals surface area contributed by atoms with Gasteiger partial charge in [-0.25, -0.2) is 4.39 Å². The average molecular weight is 505 g/mol. The van der Waals surface area contributed by atoms with E-state index in [2.05, 4.69) is 42.2 Å². The maximum absolute atomic E-state index is 13.4. The molecule has 1 aliphatic rings. The molecule has 0 bridgehead atoms. The Labute approximate surface area is 218 Å². The van der Waals surface area contributed by atoms with Gasteiger partial charge in [0.25, 0.3) is 0 Å². The Morgan fingerprint density at radius 3 is 2.41 bits per heavy atom. The van der Waals surface area contributed by atoms with Gasteiger partial charge in [0.05, 0.1) is 12.1 Å². The van der Waals surface area contributed by atoms with Gasteiger partial charge in [-0.2, -0.15) is 0 Å². The van der Waals surface area contributed by atoms with Gasteiger partial charge in [-0.1, -0.05) is 74.9 Å². The smallest absolute Gasteiger partial charge is 0.240 e. The Balaban J connectivity index is 1.49. The number of primary amides is 1. The van der Waals surface area contributed by atoms with Crippen LogP contribution < -0.4 is 11.5 Å². The SMILES string of the molecule is CCCC1CN(C(C(N)=O)C(C)c2ccc3ccccc3c2)CCN1C(=O)C(N)Cc1ccc(F)cc1. The second kappa shape index (κ2) is 11.8. The molecule has 4 unspecified atom stereocenters. The molecule has 1 heterocycles. The van der Waals surface area contributed by atoms with E-state index in [4.69, 9.17) is 11.5 Å². The zero-order valence-corrected chi connectivity index (χ0v) is 21.6. The van der Waals surface area contributed by atoms with E-state index in [0.717, 1.165) is 34.7 Å². The molecule has 0 aliphatic carbocycles. The summed E-state index contributed by atoms with van der Waals surface area (Å²) in [7, 11) is 0. The predicted molar refractivity (Wildman–Crippen MR) is 145 cm³/mol. The highest BCUT2D eigenvalue weighted by atomic mass is 19.1. The fourth-order valence-corrected chi connectivity index (χ4v) is 5.59. The van der Waals surface area contributed by atoms with Crippen molar-refractivity contribution in [1.82, 2.24) is 9.80 Å². The summed E-state index contributed by atoms with van der Waals surface area (Å²) in [6.07, 6.45) is 2.05. The van der Waals surface area contributed by atoms with Crippen LogP contribution >= 0.6 is 0 Å². The molecule has 37 heavy (non-hydrogen) atoms. The molecule has 7 heteroatoms. The molecule has 1 aliphatic heterocycles. The van der Waals surface area contributed by atoms with Gasteiger partial charge in [0.1, 0.15) is 5.82 Å². The first-order valence-electron chi connectivity index (χ1n) is 13.1. The largest absolute Gasteiger partial charge is 0.368 e. The second-order valence-corrected chi connectivity index (χ2v) is 10.1. The Hall–Kier alpha value is -3.29. The number of piperazine rings is 1. The van der Waals surface area contributed by atoms with E-state index in [1.807, 2.05) is 24.0 Å². The van der Waals surface area contributed by atoms with Crippen molar-refractivity contribution < 1.29 is 14.0 Å². The average Bonchev–Trinajstić information content (AvgIpc) is 2.89. The minimum Gasteiger partial charge on any atom is -0.368 e. The van der Waals surface area contributed by atoms with Crippen molar-refractivity contribution in [2.75, 3.05) is 19.6 Å². The highest BCUT2D eigenvalue weighted by Gasteiger charge is 2.38. The summed E-state index contributed by atoms with van der Waals surface area (Å²) in [5.74, 6) is -0.888. The summed E-state index contributed by atoms with van der Waals surface area (Å²) in [6.45, 7) is 5.72. The summed E-state index contributed by atoms with van der Waals surface area (Å²) in [6, 6.07) is 19.3. The molecule has 4 rings (SSSR count). The van der Waals surface area contributed by atoms with Gasteiger partial charge in [-0.15, -0.1) is 0 Å². The van der Waals surface area contributed by atoms with Crippen molar-refractivity contribution in [2.24, 2.45) is 11.5 Å². The van der Waals surface area contributed by atoms with Crippen molar-refractivity contribution in [3.63, 3.8) is 0 Å². The molecule has 4 atom stereocenters. The third-order valence-corrected chi connectivity index (χ3v) is 7.56. The molecule has 0 saturated carbocycles. The minimum atomic E-state index is -0.708. The standard InChI is InChI=1S/C30H37FN4O2/c1-3-6-26-19-34(15-16-35(26)30(37)27(32)17-21-9-13-25(31)14-10-21)28(29(33)36)20(2)23-12-11-22-7-4-5-8-24(22)18-23/h4-5,7-14,18,20,26-28H,3,6,15-17,19,32H2,1-2H3,(H2,33,36). The molecular weight excluding hydrogens is 467 g/mol. The Bertz CT molecular complexity index is 1230. The lowest BCUT2D eigenvalue weighted by Crippen LogP contribution is -2.62. The maximum atomic E-state index is 13.4. The topological polar surface area (TPSA) is 92.7 Å². The third-order valence-electron chi connectivity index (χ3n) is 7.56. The van der Waals surface area contributed by atoms with E-state index in [-0.39, 0.29) is 29.6 Å². The summed E-state index contributed by atoms with van der Waals surface area (Å²) in [4.78, 5) is 30.1. The zero-order chi connectivity index (χ0) is 26.5. The van der Waals surface area contributed by atoms with Crippen LogP contribution in [0, 0.1) is 5.82 Å². The first-order valence-corrected chi connectivity index (χ1v) is 13.1. The Morgan fingerprint density at radius 1 is 1.03 bits per heavy atom. The van der Waals surface area contributed by atoms with Gasteiger partial charge >= 0.3 is 0 Å². The van der Waals surface area contributed by atoms with Crippen molar-refractivity contribution in [2.45, 2.75) is 57.2 Å². The van der Waals surface area contributed by atoms with Crippen molar-refractivity contribution in [1.29, 1.82) is 0 Å².